The maximum absolute atomic E-state index is 12.2. The lowest BCUT2D eigenvalue weighted by atomic mass is 10.1. The minimum atomic E-state index is -0.288. The van der Waals surface area contributed by atoms with Gasteiger partial charge < -0.3 is 14.4 Å². The number of para-hydroxylation sites is 1. The monoisotopic (exact) mass is 439 g/mol. The summed E-state index contributed by atoms with van der Waals surface area (Å²) in [7, 11) is 0. The Labute approximate surface area is 185 Å². The van der Waals surface area contributed by atoms with Gasteiger partial charge >= 0.3 is 0 Å². The number of thioether (sulfide) groups is 1. The van der Waals surface area contributed by atoms with Gasteiger partial charge in [0.1, 0.15) is 0 Å². The van der Waals surface area contributed by atoms with Crippen LogP contribution in [0.1, 0.15) is 25.0 Å². The van der Waals surface area contributed by atoms with Crippen LogP contribution in [0.2, 0.25) is 0 Å². The Hall–Kier alpha value is -3.33. The number of aromatic nitrogens is 3. The topological polar surface area (TPSA) is 102 Å². The summed E-state index contributed by atoms with van der Waals surface area (Å²) in [4.78, 5) is 12.2. The van der Waals surface area contributed by atoms with Gasteiger partial charge in [0.15, 0.2) is 22.5 Å². The highest BCUT2D eigenvalue weighted by Gasteiger charge is 2.14. The number of rotatable bonds is 9. The lowest BCUT2D eigenvalue weighted by molar-refractivity contribution is -0.118. The molecule has 162 valence electrons. The molecule has 8 nitrogen and oxygen atoms in total. The summed E-state index contributed by atoms with van der Waals surface area (Å²) in [6.07, 6.45) is 1.38. The number of phenols is 1. The summed E-state index contributed by atoms with van der Waals surface area (Å²) >= 11 is 1.29. The van der Waals surface area contributed by atoms with Crippen LogP contribution in [-0.4, -0.2) is 44.4 Å². The summed E-state index contributed by atoms with van der Waals surface area (Å²) < 4.78 is 7.31. The van der Waals surface area contributed by atoms with Crippen LogP contribution in [0.3, 0.4) is 0 Å². The summed E-state index contributed by atoms with van der Waals surface area (Å²) in [5.41, 5.74) is 5.07. The van der Waals surface area contributed by atoms with E-state index in [0.29, 0.717) is 29.6 Å². The van der Waals surface area contributed by atoms with Crippen LogP contribution >= 0.6 is 11.8 Å². The number of nitrogens with zero attached hydrogens (tertiary/aromatic N) is 4. The van der Waals surface area contributed by atoms with Gasteiger partial charge in [-0.2, -0.15) is 5.10 Å². The zero-order valence-corrected chi connectivity index (χ0v) is 18.5. The Bertz CT molecular complexity index is 1060. The number of hydrogen-bond donors (Lipinski definition) is 2. The van der Waals surface area contributed by atoms with Crippen molar-refractivity contribution in [3.63, 3.8) is 0 Å². The molecular formula is C22H25N5O3S. The van der Waals surface area contributed by atoms with E-state index in [0.717, 1.165) is 11.4 Å². The molecular weight excluding hydrogens is 414 g/mol. The third-order valence-corrected chi connectivity index (χ3v) is 5.36. The molecule has 3 aromatic rings. The van der Waals surface area contributed by atoms with Crippen molar-refractivity contribution in [3.05, 3.63) is 53.6 Å². The molecule has 2 N–H and O–H groups in total. The second-order valence-electron chi connectivity index (χ2n) is 6.63. The number of carbonyl (C=O) groups is 1. The number of ether oxygens (including phenoxy) is 1. The number of aromatic hydroxyl groups is 1. The molecule has 3 rings (SSSR count). The molecule has 1 amide bonds. The van der Waals surface area contributed by atoms with Crippen molar-refractivity contribution < 1.29 is 14.6 Å². The minimum absolute atomic E-state index is 0.0172. The molecule has 0 atom stereocenters. The van der Waals surface area contributed by atoms with Crippen molar-refractivity contribution in [2.45, 2.75) is 32.5 Å². The SMILES string of the molecule is CCOc1cccc(/C=N\NC(=O)CSc2nnc(-c3ccc(C)cc3)n2CC)c1O. The standard InChI is InChI=1S/C22H25N5O3S/c1-4-27-21(16-11-9-15(3)10-12-16)25-26-22(27)31-14-19(28)24-23-13-17-7-6-8-18(20(17)29)30-5-2/h6-13,29H,4-5,14H2,1-3H3,(H,24,28)/b23-13-. The molecule has 0 aliphatic rings. The fraction of sp³-hybridized carbons (Fsp3) is 0.273. The zero-order chi connectivity index (χ0) is 22.2. The number of phenolic OH excluding ortho intramolecular Hbond substituents is 1. The van der Waals surface area contributed by atoms with Crippen LogP contribution < -0.4 is 10.2 Å². The van der Waals surface area contributed by atoms with Gasteiger partial charge in [0.05, 0.1) is 18.6 Å². The smallest absolute Gasteiger partial charge is 0.250 e. The van der Waals surface area contributed by atoms with Crippen LogP contribution in [0.25, 0.3) is 11.4 Å². The highest BCUT2D eigenvalue weighted by atomic mass is 32.2. The van der Waals surface area contributed by atoms with E-state index in [9.17, 15) is 9.90 Å². The van der Waals surface area contributed by atoms with Gasteiger partial charge in [-0.15, -0.1) is 10.2 Å². The van der Waals surface area contributed by atoms with Crippen molar-refractivity contribution >= 4 is 23.9 Å². The van der Waals surface area contributed by atoms with E-state index in [-0.39, 0.29) is 17.4 Å². The highest BCUT2D eigenvalue weighted by Crippen LogP contribution is 2.28. The quantitative estimate of drug-likeness (QED) is 0.300. The number of nitrogens with one attached hydrogen (secondary N) is 1. The molecule has 1 heterocycles. The van der Waals surface area contributed by atoms with Crippen LogP contribution in [0.15, 0.2) is 52.7 Å². The normalized spacial score (nSPS) is 11.1. The molecule has 0 saturated heterocycles. The predicted octanol–water partition coefficient (Wildman–Crippen LogP) is 3.62. The average molecular weight is 440 g/mol. The number of benzene rings is 2. The van der Waals surface area contributed by atoms with Crippen LogP contribution in [0.5, 0.6) is 11.5 Å². The Balaban J connectivity index is 1.60. The van der Waals surface area contributed by atoms with Gasteiger partial charge in [-0.3, -0.25) is 4.79 Å². The number of carbonyl (C=O) groups excluding carboxylic acids is 1. The molecule has 0 aliphatic heterocycles. The summed E-state index contributed by atoms with van der Waals surface area (Å²) in [6.45, 7) is 7.01. The molecule has 31 heavy (non-hydrogen) atoms. The molecule has 0 aliphatic carbocycles. The Morgan fingerprint density at radius 1 is 1.23 bits per heavy atom. The molecule has 0 saturated carbocycles. The van der Waals surface area contributed by atoms with Crippen LogP contribution in [-0.2, 0) is 11.3 Å². The van der Waals surface area contributed by atoms with E-state index < -0.39 is 0 Å². The molecule has 0 spiro atoms. The maximum atomic E-state index is 12.2. The molecule has 1 aromatic heterocycles. The lowest BCUT2D eigenvalue weighted by Gasteiger charge is -2.08. The maximum Gasteiger partial charge on any atom is 0.250 e. The first-order valence-electron chi connectivity index (χ1n) is 9.93. The largest absolute Gasteiger partial charge is 0.504 e. The highest BCUT2D eigenvalue weighted by molar-refractivity contribution is 7.99. The molecule has 0 unspecified atom stereocenters. The molecule has 9 heteroatoms. The molecule has 2 aromatic carbocycles. The van der Waals surface area contributed by atoms with E-state index >= 15 is 0 Å². The second-order valence-corrected chi connectivity index (χ2v) is 7.57. The van der Waals surface area contributed by atoms with Crippen molar-refractivity contribution in [2.75, 3.05) is 12.4 Å². The number of amides is 1. The lowest BCUT2D eigenvalue weighted by Crippen LogP contribution is -2.20. The predicted molar refractivity (Wildman–Crippen MR) is 122 cm³/mol. The third kappa shape index (κ3) is 5.64. The van der Waals surface area contributed by atoms with Gasteiger partial charge in [0.2, 0.25) is 0 Å². The first-order valence-corrected chi connectivity index (χ1v) is 10.9. The average Bonchev–Trinajstić information content (AvgIpc) is 3.18. The Morgan fingerprint density at radius 2 is 2.00 bits per heavy atom. The van der Waals surface area contributed by atoms with E-state index in [1.807, 2.05) is 49.6 Å². The zero-order valence-electron chi connectivity index (χ0n) is 17.7. The summed E-state index contributed by atoms with van der Waals surface area (Å²) in [5.74, 6) is 0.972. The molecule has 0 radical (unpaired) electrons. The van der Waals surface area contributed by atoms with E-state index in [1.165, 1.54) is 23.5 Å². The van der Waals surface area contributed by atoms with Crippen molar-refractivity contribution in [1.82, 2.24) is 20.2 Å². The van der Waals surface area contributed by atoms with Crippen molar-refractivity contribution in [1.29, 1.82) is 0 Å². The van der Waals surface area contributed by atoms with Crippen molar-refractivity contribution in [2.24, 2.45) is 5.10 Å². The Morgan fingerprint density at radius 3 is 2.71 bits per heavy atom. The van der Waals surface area contributed by atoms with Crippen molar-refractivity contribution in [3.8, 4) is 22.9 Å². The number of hydrazone groups is 1. The van der Waals surface area contributed by atoms with Gasteiger partial charge in [0, 0.05) is 17.7 Å². The Kier molecular flexibility index (Phi) is 7.66. The van der Waals surface area contributed by atoms with Crippen LogP contribution in [0.4, 0.5) is 0 Å². The molecule has 0 bridgehead atoms. The number of hydrogen-bond acceptors (Lipinski definition) is 7. The third-order valence-electron chi connectivity index (χ3n) is 4.40. The summed E-state index contributed by atoms with van der Waals surface area (Å²) in [6, 6.07) is 13.2. The second kappa shape index (κ2) is 10.6. The molecule has 0 fully saturated rings. The summed E-state index contributed by atoms with van der Waals surface area (Å²) in [5, 5.41) is 23.3. The van der Waals surface area contributed by atoms with Gasteiger partial charge in [-0.1, -0.05) is 47.7 Å². The van der Waals surface area contributed by atoms with Gasteiger partial charge in [-0.05, 0) is 32.9 Å². The number of aryl methyl sites for hydroxylation is 1. The minimum Gasteiger partial charge on any atom is -0.504 e. The first kappa shape index (κ1) is 22.4. The van der Waals surface area contributed by atoms with E-state index in [4.69, 9.17) is 4.74 Å². The fourth-order valence-corrected chi connectivity index (χ4v) is 3.64. The first-order chi connectivity index (χ1) is 15.0. The fourth-order valence-electron chi connectivity index (χ4n) is 2.85. The van der Waals surface area contributed by atoms with Gasteiger partial charge in [0.25, 0.3) is 5.91 Å². The van der Waals surface area contributed by atoms with Gasteiger partial charge in [-0.25, -0.2) is 5.43 Å². The van der Waals surface area contributed by atoms with E-state index in [2.05, 4.69) is 20.7 Å². The van der Waals surface area contributed by atoms with E-state index in [1.54, 1.807) is 18.2 Å². The van der Waals surface area contributed by atoms with Crippen LogP contribution in [0, 0.1) is 6.92 Å².